The van der Waals surface area contributed by atoms with Crippen molar-refractivity contribution in [3.63, 3.8) is 0 Å². The molecule has 3 N–H and O–H groups in total. The lowest BCUT2D eigenvalue weighted by Crippen LogP contribution is -2.65. The highest BCUT2D eigenvalue weighted by molar-refractivity contribution is 6.30. The van der Waals surface area contributed by atoms with Crippen molar-refractivity contribution in [1.82, 2.24) is 60.0 Å². The van der Waals surface area contributed by atoms with Crippen molar-refractivity contribution in [2.75, 3.05) is 101 Å². The van der Waals surface area contributed by atoms with Gasteiger partial charge in [-0.1, -0.05) is 59.8 Å². The lowest BCUT2D eigenvalue weighted by atomic mass is 9.78. The van der Waals surface area contributed by atoms with E-state index in [1.165, 1.54) is 71.7 Å². The molecule has 4 saturated carbocycles. The molecule has 12 amide bonds. The molecule has 11 atom stereocenters. The molecule has 1 spiro atoms. The number of likely N-dealkylation sites (N-methyl/N-ethyl adjacent to an activating group) is 7. The van der Waals surface area contributed by atoms with Crippen LogP contribution in [-0.2, 0) is 62.3 Å². The van der Waals surface area contributed by atoms with Gasteiger partial charge >= 0.3 is 6.18 Å². The summed E-state index contributed by atoms with van der Waals surface area (Å²) in [6, 6.07) is -8.74. The van der Waals surface area contributed by atoms with Crippen molar-refractivity contribution in [2.24, 2.45) is 35.5 Å². The number of carbonyl (C=O) groups is 12. The Morgan fingerprint density at radius 2 is 1.24 bits per heavy atom. The van der Waals surface area contributed by atoms with Crippen molar-refractivity contribution in [1.29, 1.82) is 0 Å². The second-order valence-electron chi connectivity index (χ2n) is 30.7. The highest BCUT2D eigenvalue weighted by Crippen LogP contribution is 2.42. The van der Waals surface area contributed by atoms with Gasteiger partial charge in [0.1, 0.15) is 47.8 Å². The first-order valence-corrected chi connectivity index (χ1v) is 38.3. The molecule has 3 saturated heterocycles. The summed E-state index contributed by atoms with van der Waals surface area (Å²) in [5.41, 5.74) is -1.53. The number of ether oxygens (including phenoxy) is 1. The number of nitrogens with zero attached hydrogens (tertiary/aromatic N) is 9. The van der Waals surface area contributed by atoms with Crippen LogP contribution >= 0.6 is 23.2 Å². The van der Waals surface area contributed by atoms with E-state index in [1.54, 1.807) is 13.8 Å². The average molecular weight is 1480 g/mol. The van der Waals surface area contributed by atoms with Gasteiger partial charge in [-0.25, -0.2) is 0 Å². The lowest BCUT2D eigenvalue weighted by Gasteiger charge is -2.42. The fourth-order valence-electron chi connectivity index (χ4n) is 16.5. The van der Waals surface area contributed by atoms with Crippen LogP contribution in [0.3, 0.4) is 0 Å². The lowest BCUT2D eigenvalue weighted by molar-refractivity contribution is -0.184. The van der Waals surface area contributed by atoms with E-state index in [-0.39, 0.29) is 132 Å². The van der Waals surface area contributed by atoms with Crippen molar-refractivity contribution < 1.29 is 75.4 Å². The van der Waals surface area contributed by atoms with Gasteiger partial charge in [0.05, 0.1) is 50.6 Å². The summed E-state index contributed by atoms with van der Waals surface area (Å²) in [7, 11) is 8.43. The molecule has 0 aromatic heterocycles. The number of amides is 12. The number of halogens is 5. The van der Waals surface area contributed by atoms with Crippen LogP contribution in [0.25, 0.3) is 0 Å². The molecule has 7 fully saturated rings. The minimum atomic E-state index is -4.43. The average Bonchev–Trinajstić information content (AvgIpc) is 1.45. The summed E-state index contributed by atoms with van der Waals surface area (Å²) < 4.78 is 47.6. The maximum absolute atomic E-state index is 15.7. The molecule has 7 aliphatic rings. The first-order valence-electron chi connectivity index (χ1n) is 37.4. The molecule has 102 heavy (non-hydrogen) atoms. The number of hydrogen-bond donors (Lipinski definition) is 3. The van der Waals surface area contributed by atoms with Gasteiger partial charge < -0.3 is 64.8 Å². The summed E-state index contributed by atoms with van der Waals surface area (Å²) in [6.45, 7) is 7.77. The molecule has 3 aliphatic heterocycles. The van der Waals surface area contributed by atoms with E-state index in [9.17, 15) is 37.1 Å². The summed E-state index contributed by atoms with van der Waals surface area (Å²) in [6.07, 6.45) is 2.26. The maximum Gasteiger partial charge on any atom is 0.391 e. The summed E-state index contributed by atoms with van der Waals surface area (Å²) in [4.78, 5) is 191. The Kier molecular flexibility index (Phi) is 30.4. The largest absolute Gasteiger partial charge is 0.391 e. The predicted octanol–water partition coefficient (Wildman–Crippen LogP) is 5.55. The van der Waals surface area contributed by atoms with Crippen molar-refractivity contribution in [2.45, 2.75) is 247 Å². The number of carbonyl (C=O) groups excluding carboxylic acids is 12. The molecular weight excluding hydrogens is 1370 g/mol. The van der Waals surface area contributed by atoms with E-state index >= 15 is 33.6 Å². The monoisotopic (exact) mass is 1480 g/mol. The Bertz CT molecular complexity index is 2960. The molecule has 3 unspecified atom stereocenters. The zero-order valence-corrected chi connectivity index (χ0v) is 63.5. The molecule has 7 rings (SSSR count). The second kappa shape index (κ2) is 37.3. The molecule has 30 heteroatoms. The number of hydrogen-bond acceptors (Lipinski definition) is 13. The molecule has 0 aromatic rings. The highest BCUT2D eigenvalue weighted by Gasteiger charge is 2.52. The van der Waals surface area contributed by atoms with Crippen LogP contribution in [0.4, 0.5) is 13.2 Å². The number of nitrogens with one attached hydrogen (secondary N) is 3. The third kappa shape index (κ3) is 20.9. The Morgan fingerprint density at radius 3 is 1.83 bits per heavy atom. The van der Waals surface area contributed by atoms with Gasteiger partial charge in [0, 0.05) is 73.8 Å². The van der Waals surface area contributed by atoms with Crippen molar-refractivity contribution in [3.05, 3.63) is 0 Å². The Morgan fingerprint density at radius 1 is 0.618 bits per heavy atom. The fourth-order valence-corrected chi connectivity index (χ4v) is 17.1. The maximum atomic E-state index is 15.7. The van der Waals surface area contributed by atoms with Crippen LogP contribution in [-0.4, -0.2) is 281 Å². The SMILES string of the molecule is CC[C@H](C)[C@@H]1NC(=O)[C@H](CC(C)C)N(C)C(=O)C[C@@H](C(=O)N2CCOCC2)N(C)C(=O)[C@H](C2CCCC2)N(C)C(=O)C2(CCCC2)NC(=O)[C@@H]2CCCN2C(=O)[C@H](CCC2CCC(Cl)C(Cl)C2)NC(=O)CN(C)C(=O)[C@H](CC2CCC(C(F)(F)F)CC2)N(CC)C(=O)CN(C)C(=O)CN(C)C1=O. The Labute approximate surface area is 610 Å². The van der Waals surface area contributed by atoms with E-state index in [0.717, 1.165) is 27.5 Å². The zero-order chi connectivity index (χ0) is 75.2. The minimum Gasteiger partial charge on any atom is -0.378 e. The predicted molar refractivity (Wildman–Crippen MR) is 377 cm³/mol. The van der Waals surface area contributed by atoms with E-state index in [0.29, 0.717) is 64.2 Å². The molecular formula is C72H115Cl2F3N12O13. The first kappa shape index (κ1) is 83.2. The topological polar surface area (TPSA) is 279 Å². The third-order valence-corrected chi connectivity index (χ3v) is 24.3. The quantitative estimate of drug-likeness (QED) is 0.203. The number of alkyl halides is 5. The highest BCUT2D eigenvalue weighted by atomic mass is 35.5. The summed E-state index contributed by atoms with van der Waals surface area (Å²) in [5.74, 6) is -10.9. The van der Waals surface area contributed by atoms with Crippen LogP contribution in [0.5, 0.6) is 0 Å². The van der Waals surface area contributed by atoms with Crippen LogP contribution in [0, 0.1) is 35.5 Å². The standard InChI is InChI=1S/C72H115Cl2F3N12O13/c1-12-45(5)61-68(99)83(8)42-59(92)81(6)43-60(93)88(13-2)56(39-47-22-26-49(27-23-47)72(75,76)77)66(97)82(7)41-57(90)78-52(29-25-46-24-28-50(73)51(74)38-46)65(96)89-32-18-21-53(89)64(95)80-71(30-16-17-31-71)70(101)86(11)62(48-19-14-15-20-48)69(100)85(10)55(67(98)87-33-35-102-36-34-87)40-58(91)84(9)54(37-44(3)4)63(94)79-61/h44-56,61-62H,12-43H2,1-11H3,(H,78,90)(H,79,94)(H,80,95)/t45-,46?,47?,49?,50?,51?,52-,53-,54-,55-,56-,61-,62-/m0/s1. The summed E-state index contributed by atoms with van der Waals surface area (Å²) >= 11 is 13.2. The van der Waals surface area contributed by atoms with E-state index < -0.39 is 169 Å². The third-order valence-electron chi connectivity index (χ3n) is 23.1. The molecule has 4 aliphatic carbocycles. The van der Waals surface area contributed by atoms with Gasteiger partial charge in [-0.15, -0.1) is 23.2 Å². The Hall–Kier alpha value is -6.03. The van der Waals surface area contributed by atoms with Crippen molar-refractivity contribution in [3.8, 4) is 0 Å². The van der Waals surface area contributed by atoms with Crippen LogP contribution in [0.15, 0.2) is 0 Å². The second-order valence-corrected chi connectivity index (χ2v) is 31.9. The smallest absolute Gasteiger partial charge is 0.378 e. The summed E-state index contributed by atoms with van der Waals surface area (Å²) in [5, 5.41) is 8.28. The van der Waals surface area contributed by atoms with Gasteiger partial charge in [-0.2, -0.15) is 13.2 Å². The van der Waals surface area contributed by atoms with Crippen LogP contribution in [0.1, 0.15) is 182 Å². The number of fused-ring (bicyclic) bond motifs is 1. The molecule has 25 nitrogen and oxygen atoms in total. The van der Waals surface area contributed by atoms with E-state index in [1.807, 2.05) is 20.8 Å². The van der Waals surface area contributed by atoms with Gasteiger partial charge in [0.25, 0.3) is 0 Å². The minimum absolute atomic E-state index is 0.0118. The van der Waals surface area contributed by atoms with Gasteiger partial charge in [-0.3, -0.25) is 57.5 Å². The van der Waals surface area contributed by atoms with Crippen molar-refractivity contribution >= 4 is 94.1 Å². The van der Waals surface area contributed by atoms with E-state index in [2.05, 4.69) is 16.0 Å². The van der Waals surface area contributed by atoms with Gasteiger partial charge in [-0.05, 0) is 146 Å². The zero-order valence-electron chi connectivity index (χ0n) is 62.0. The van der Waals surface area contributed by atoms with Gasteiger partial charge in [0.15, 0.2) is 0 Å². The Balaban J connectivity index is 1.28. The molecule has 0 bridgehead atoms. The van der Waals surface area contributed by atoms with Crippen LogP contribution < -0.4 is 16.0 Å². The molecule has 0 radical (unpaired) electrons. The number of morpholine rings is 1. The first-order chi connectivity index (χ1) is 48.1. The van der Waals surface area contributed by atoms with E-state index in [4.69, 9.17) is 27.9 Å². The molecule has 576 valence electrons. The number of rotatable bonds is 12. The van der Waals surface area contributed by atoms with Crippen LogP contribution in [0.2, 0.25) is 0 Å². The normalized spacial score (nSPS) is 30.9. The fraction of sp³-hybridized carbons (Fsp3) is 0.833. The van der Waals surface area contributed by atoms with Gasteiger partial charge in [0.2, 0.25) is 70.9 Å². The molecule has 0 aromatic carbocycles. The molecule has 3 heterocycles.